The van der Waals surface area contributed by atoms with E-state index in [2.05, 4.69) is 176 Å². The highest BCUT2D eigenvalue weighted by Crippen LogP contribution is 2.32. The molecule has 8 rings (SSSR count). The number of benzene rings is 6. The van der Waals surface area contributed by atoms with Gasteiger partial charge in [0.25, 0.3) is 0 Å². The minimum atomic E-state index is 0.377. The molecule has 5 N–H and O–H groups in total. The molecule has 0 unspecified atom stereocenters. The van der Waals surface area contributed by atoms with E-state index >= 15 is 0 Å². The summed E-state index contributed by atoms with van der Waals surface area (Å²) in [6.45, 7) is 16.8. The molecule has 0 aliphatic carbocycles. The lowest BCUT2D eigenvalue weighted by molar-refractivity contribution is 1.19. The monoisotopic (exact) mass is 824 g/mol. The van der Waals surface area contributed by atoms with Crippen LogP contribution in [0.1, 0.15) is 44.5 Å². The fraction of sp³-hybridized carbons (Fsp3) is 0.154. The normalized spacial score (nSPS) is 10.4. The number of aromatic nitrogens is 4. The van der Waals surface area contributed by atoms with Crippen molar-refractivity contribution in [1.82, 2.24) is 19.9 Å². The van der Waals surface area contributed by atoms with Gasteiger partial charge in [-0.3, -0.25) is 0 Å². The topological polar surface area (TPSA) is 114 Å². The zero-order valence-electron chi connectivity index (χ0n) is 36.1. The lowest BCUT2D eigenvalue weighted by Gasteiger charge is -2.14. The number of nitrogens with zero attached hydrogens (tertiary/aromatic N) is 4. The summed E-state index contributed by atoms with van der Waals surface area (Å²) in [5.41, 5.74) is 24.4. The van der Waals surface area contributed by atoms with E-state index in [-0.39, 0.29) is 0 Å². The molecular weight excluding hydrogens is 772 g/mol. The minimum Gasteiger partial charge on any atom is -0.399 e. The van der Waals surface area contributed by atoms with Crippen LogP contribution in [0.5, 0.6) is 0 Å². The van der Waals surface area contributed by atoms with Crippen LogP contribution in [0.15, 0.2) is 146 Å². The van der Waals surface area contributed by atoms with Crippen LogP contribution < -0.4 is 21.7 Å². The van der Waals surface area contributed by atoms with E-state index in [1.807, 2.05) is 36.4 Å². The van der Waals surface area contributed by atoms with Crippen LogP contribution in [0.3, 0.4) is 0 Å². The number of rotatable bonds is 8. The van der Waals surface area contributed by atoms with Gasteiger partial charge in [-0.1, -0.05) is 84.4 Å². The van der Waals surface area contributed by atoms with Crippen molar-refractivity contribution in [2.24, 2.45) is 0 Å². The van der Waals surface area contributed by atoms with Crippen molar-refractivity contribution in [2.75, 3.05) is 21.7 Å². The fourth-order valence-corrected chi connectivity index (χ4v) is 7.57. The first kappa shape index (κ1) is 43.5. The lowest BCUT2D eigenvalue weighted by atomic mass is 9.95. The van der Waals surface area contributed by atoms with Crippen molar-refractivity contribution in [2.45, 2.75) is 55.4 Å². The van der Waals surface area contributed by atoms with Crippen molar-refractivity contribution in [3.8, 4) is 22.3 Å². The molecule has 0 saturated heterocycles. The second-order valence-corrected chi connectivity index (χ2v) is 15.7. The van der Waals surface area contributed by atoms with Crippen LogP contribution in [0.25, 0.3) is 22.3 Å². The number of anilines is 7. The first-order valence-corrected chi connectivity index (χ1v) is 20.5. The second kappa shape index (κ2) is 20.3. The zero-order chi connectivity index (χ0) is 43.5. The summed E-state index contributed by atoms with van der Waals surface area (Å²) in [6, 6.07) is 41.8. The van der Waals surface area contributed by atoms with E-state index in [1.54, 1.807) is 24.8 Å². The number of nitrogens with one attached hydrogen (secondary N) is 3. The maximum atomic E-state index is 5.92. The van der Waals surface area contributed by atoms with Crippen LogP contribution in [-0.2, 0) is 0 Å². The quantitative estimate of drug-likeness (QED) is 0.112. The van der Waals surface area contributed by atoms with Gasteiger partial charge in [-0.05, 0) is 171 Å². The molecule has 6 aromatic carbocycles. The molecule has 308 valence electrons. The molecule has 0 spiro atoms. The zero-order valence-corrected chi connectivity index (χ0v) is 36.9. The van der Waals surface area contributed by atoms with Gasteiger partial charge in [0.2, 0.25) is 0 Å². The molecule has 0 aliphatic heterocycles. The lowest BCUT2D eigenvalue weighted by Crippen LogP contribution is -2.02. The Labute approximate surface area is 365 Å². The van der Waals surface area contributed by atoms with E-state index in [0.29, 0.717) is 22.6 Å². The Hall–Kier alpha value is -7.03. The number of halogens is 1. The molecule has 9 heteroatoms. The van der Waals surface area contributed by atoms with Crippen molar-refractivity contribution < 1.29 is 0 Å². The Balaban J connectivity index is 0.000000169. The highest BCUT2D eigenvalue weighted by molar-refractivity contribution is 6.31. The predicted molar refractivity (Wildman–Crippen MR) is 258 cm³/mol. The van der Waals surface area contributed by atoms with Crippen molar-refractivity contribution in [1.29, 1.82) is 0 Å². The summed E-state index contributed by atoms with van der Waals surface area (Å²) in [7, 11) is 0. The predicted octanol–water partition coefficient (Wildman–Crippen LogP) is 13.9. The molecule has 0 amide bonds. The molecular formula is C52H53ClN8. The molecule has 8 aromatic rings. The van der Waals surface area contributed by atoms with Crippen LogP contribution in [-0.4, -0.2) is 19.9 Å². The largest absolute Gasteiger partial charge is 0.399 e. The maximum absolute atomic E-state index is 5.92. The standard InChI is InChI=1S/C26H26N4.C14H15N.C12H12ClN3/c1-17-13-18(2)15-23(14-17)30-26-25(27-11-12-28-26)29-22-10-6-9-21(16-22)24-19(3)7-5-8-20(24)4;1-10-5-3-6-11(2)14(10)12-7-4-8-13(15)9-12;1-8-5-9(2)7-10(6-8)16-12-11(13)14-3-4-15-12/h5-16H,1-4H3,(H,27,29)(H,28,30);3-9H,15H2,1-2H3;3-7H,1-2H3,(H,15,16). The summed E-state index contributed by atoms with van der Waals surface area (Å²) < 4.78 is 0. The van der Waals surface area contributed by atoms with Gasteiger partial charge in [-0.25, -0.2) is 19.9 Å². The molecule has 2 heterocycles. The van der Waals surface area contributed by atoms with Gasteiger partial charge in [0.1, 0.15) is 0 Å². The summed E-state index contributed by atoms with van der Waals surface area (Å²) >= 11 is 5.92. The molecule has 0 atom stereocenters. The highest BCUT2D eigenvalue weighted by Gasteiger charge is 2.10. The van der Waals surface area contributed by atoms with Gasteiger partial charge in [-0.15, -0.1) is 0 Å². The van der Waals surface area contributed by atoms with Crippen molar-refractivity contribution in [3.05, 3.63) is 196 Å². The Morgan fingerprint density at radius 1 is 0.393 bits per heavy atom. The summed E-state index contributed by atoms with van der Waals surface area (Å²) in [5.74, 6) is 1.96. The number of nitrogens with two attached hydrogens (primary N) is 1. The number of hydrogen-bond acceptors (Lipinski definition) is 8. The van der Waals surface area contributed by atoms with Crippen LogP contribution in [0, 0.1) is 55.4 Å². The molecule has 0 radical (unpaired) electrons. The molecule has 0 aliphatic rings. The Morgan fingerprint density at radius 3 is 1.23 bits per heavy atom. The van der Waals surface area contributed by atoms with Crippen LogP contribution in [0.2, 0.25) is 5.15 Å². The van der Waals surface area contributed by atoms with Gasteiger partial charge in [0, 0.05) is 47.5 Å². The molecule has 61 heavy (non-hydrogen) atoms. The third-order valence-electron chi connectivity index (χ3n) is 9.87. The van der Waals surface area contributed by atoms with Crippen molar-refractivity contribution in [3.63, 3.8) is 0 Å². The average molecular weight is 826 g/mol. The smallest absolute Gasteiger partial charge is 0.173 e. The van der Waals surface area contributed by atoms with Crippen LogP contribution >= 0.6 is 11.6 Å². The molecule has 0 bridgehead atoms. The fourth-order valence-electron chi connectivity index (χ4n) is 7.42. The van der Waals surface area contributed by atoms with Gasteiger partial charge in [0.05, 0.1) is 0 Å². The van der Waals surface area contributed by atoms with E-state index < -0.39 is 0 Å². The SMILES string of the molecule is Cc1cc(C)cc(Nc2nccnc2Cl)c1.Cc1cc(C)cc(Nc2nccnc2Nc2cccc(-c3c(C)cccc3C)c2)c1.Cc1cccc(C)c1-c1cccc(N)c1. The first-order chi connectivity index (χ1) is 29.3. The highest BCUT2D eigenvalue weighted by atomic mass is 35.5. The molecule has 0 saturated carbocycles. The van der Waals surface area contributed by atoms with E-state index in [0.717, 1.165) is 22.7 Å². The minimum absolute atomic E-state index is 0.377. The van der Waals surface area contributed by atoms with Gasteiger partial charge < -0.3 is 21.7 Å². The number of nitrogen functional groups attached to an aromatic ring is 1. The van der Waals surface area contributed by atoms with E-state index in [4.69, 9.17) is 17.3 Å². The molecule has 8 nitrogen and oxygen atoms in total. The first-order valence-electron chi connectivity index (χ1n) is 20.2. The molecule has 2 aromatic heterocycles. The second-order valence-electron chi connectivity index (χ2n) is 15.3. The number of hydrogen-bond donors (Lipinski definition) is 4. The summed E-state index contributed by atoms with van der Waals surface area (Å²) in [6.07, 6.45) is 6.57. The van der Waals surface area contributed by atoms with E-state index in [1.165, 1.54) is 66.8 Å². The number of aryl methyl sites for hydroxylation is 8. The van der Waals surface area contributed by atoms with Gasteiger partial charge in [0.15, 0.2) is 22.6 Å². The summed E-state index contributed by atoms with van der Waals surface area (Å²) in [4.78, 5) is 17.1. The Kier molecular flexibility index (Phi) is 14.5. The van der Waals surface area contributed by atoms with Gasteiger partial charge in [-0.2, -0.15) is 0 Å². The molecule has 0 fully saturated rings. The van der Waals surface area contributed by atoms with E-state index in [9.17, 15) is 0 Å². The third kappa shape index (κ3) is 12.0. The third-order valence-corrected chi connectivity index (χ3v) is 10.1. The Morgan fingerprint density at radius 2 is 0.770 bits per heavy atom. The maximum Gasteiger partial charge on any atom is 0.173 e. The average Bonchev–Trinajstić information content (AvgIpc) is 3.20. The Bertz CT molecular complexity index is 2680. The van der Waals surface area contributed by atoms with Crippen molar-refractivity contribution >= 4 is 51.8 Å². The summed E-state index contributed by atoms with van der Waals surface area (Å²) in [5, 5.41) is 10.4. The van der Waals surface area contributed by atoms with Crippen LogP contribution in [0.4, 0.5) is 40.2 Å². The van der Waals surface area contributed by atoms with Gasteiger partial charge >= 0.3 is 0 Å².